The van der Waals surface area contributed by atoms with Crippen molar-refractivity contribution in [3.05, 3.63) is 34.2 Å². The van der Waals surface area contributed by atoms with Crippen molar-refractivity contribution >= 4 is 29.0 Å². The smallest absolute Gasteiger partial charge is 0.272 e. The van der Waals surface area contributed by atoms with Crippen LogP contribution in [0.5, 0.6) is 11.5 Å². The van der Waals surface area contributed by atoms with Gasteiger partial charge in [-0.2, -0.15) is 16.4 Å². The maximum absolute atomic E-state index is 13.6. The van der Waals surface area contributed by atoms with E-state index in [0.29, 0.717) is 31.4 Å². The van der Waals surface area contributed by atoms with E-state index in [1.807, 2.05) is 18.7 Å². The predicted octanol–water partition coefficient (Wildman–Crippen LogP) is 5.71. The number of nitrogens with zero attached hydrogens (tertiary/aromatic N) is 2. The molecule has 186 valence electrons. The highest BCUT2D eigenvalue weighted by atomic mass is 32.2. The van der Waals surface area contributed by atoms with Gasteiger partial charge in [0.25, 0.3) is 5.91 Å². The first kappa shape index (κ1) is 24.2. The molecule has 1 fully saturated rings. The van der Waals surface area contributed by atoms with Crippen LogP contribution in [0.4, 0.5) is 0 Å². The quantitative estimate of drug-likeness (QED) is 0.426. The summed E-state index contributed by atoms with van der Waals surface area (Å²) in [6.07, 6.45) is 0. The lowest BCUT2D eigenvalue weighted by atomic mass is 9.95. The molecule has 0 atom stereocenters. The summed E-state index contributed by atoms with van der Waals surface area (Å²) >= 11 is 3.41. The zero-order chi connectivity index (χ0) is 24.7. The number of nitrogens with one attached hydrogen (secondary N) is 1. The van der Waals surface area contributed by atoms with Gasteiger partial charge in [-0.3, -0.25) is 9.89 Å². The molecule has 4 heterocycles. The largest absolute Gasteiger partial charge is 0.495 e. The lowest BCUT2D eigenvalue weighted by molar-refractivity contribution is -0.0374. The van der Waals surface area contributed by atoms with E-state index in [1.165, 1.54) is 0 Å². The van der Waals surface area contributed by atoms with Crippen molar-refractivity contribution in [3.8, 4) is 33.9 Å². The zero-order valence-electron chi connectivity index (χ0n) is 20.8. The van der Waals surface area contributed by atoms with Gasteiger partial charge >= 0.3 is 0 Å². The fraction of sp³-hybridized carbons (Fsp3) is 0.462. The highest BCUT2D eigenvalue weighted by molar-refractivity contribution is 7.99. The topological polar surface area (TPSA) is 76.7 Å². The maximum atomic E-state index is 13.6. The molecule has 5 rings (SSSR count). The summed E-state index contributed by atoms with van der Waals surface area (Å²) in [4.78, 5) is 16.5. The molecule has 2 aromatic heterocycles. The lowest BCUT2D eigenvalue weighted by Gasteiger charge is -2.42. The second kappa shape index (κ2) is 9.52. The van der Waals surface area contributed by atoms with Crippen LogP contribution in [-0.4, -0.2) is 59.2 Å². The summed E-state index contributed by atoms with van der Waals surface area (Å²) in [6, 6.07) is 4.18. The van der Waals surface area contributed by atoms with Gasteiger partial charge in [0.1, 0.15) is 29.5 Å². The van der Waals surface area contributed by atoms with Crippen molar-refractivity contribution in [2.45, 2.75) is 44.7 Å². The number of thioether (sulfide) groups is 1. The third kappa shape index (κ3) is 4.34. The molecule has 0 aliphatic carbocycles. The molecule has 35 heavy (non-hydrogen) atoms. The minimum Gasteiger partial charge on any atom is -0.495 e. The molecular formula is C26H31N3O4S2. The van der Waals surface area contributed by atoms with Gasteiger partial charge in [-0.25, -0.2) is 0 Å². The highest BCUT2D eigenvalue weighted by Gasteiger charge is 2.38. The van der Waals surface area contributed by atoms with Crippen LogP contribution < -0.4 is 9.47 Å². The maximum Gasteiger partial charge on any atom is 0.272 e. The van der Waals surface area contributed by atoms with Crippen LogP contribution in [-0.2, 0) is 11.3 Å². The number of ether oxygens (including phenoxy) is 3. The molecule has 9 heteroatoms. The monoisotopic (exact) mass is 513 g/mol. The normalized spacial score (nSPS) is 16.6. The number of hydrogen-bond donors (Lipinski definition) is 1. The van der Waals surface area contributed by atoms with Crippen LogP contribution in [0.2, 0.25) is 0 Å². The first-order valence-corrected chi connectivity index (χ1v) is 13.7. The number of amides is 1. The molecule has 2 aliphatic heterocycles. The van der Waals surface area contributed by atoms with Crippen molar-refractivity contribution < 1.29 is 19.0 Å². The van der Waals surface area contributed by atoms with E-state index in [9.17, 15) is 4.79 Å². The van der Waals surface area contributed by atoms with Gasteiger partial charge in [-0.05, 0) is 48.2 Å². The zero-order valence-corrected chi connectivity index (χ0v) is 22.4. The van der Waals surface area contributed by atoms with E-state index in [2.05, 4.69) is 46.9 Å². The Morgan fingerprint density at radius 1 is 1.40 bits per heavy atom. The van der Waals surface area contributed by atoms with Gasteiger partial charge in [0.2, 0.25) is 0 Å². The third-order valence-electron chi connectivity index (χ3n) is 6.37. The molecule has 0 spiro atoms. The Hall–Kier alpha value is -2.49. The van der Waals surface area contributed by atoms with Crippen molar-refractivity contribution in [2.75, 3.05) is 32.6 Å². The lowest BCUT2D eigenvalue weighted by Crippen LogP contribution is -2.55. The number of carbonyl (C=O) groups excluding carboxylic acids is 1. The number of carbonyl (C=O) groups is 1. The number of benzene rings is 1. The van der Waals surface area contributed by atoms with Crippen LogP contribution in [0.3, 0.4) is 0 Å². The first-order chi connectivity index (χ1) is 16.8. The van der Waals surface area contributed by atoms with E-state index < -0.39 is 0 Å². The van der Waals surface area contributed by atoms with Crippen molar-refractivity contribution in [1.29, 1.82) is 0 Å². The number of fused-ring (bicyclic) bond motifs is 3. The summed E-state index contributed by atoms with van der Waals surface area (Å²) in [5.41, 5.74) is 4.55. The average molecular weight is 514 g/mol. The molecule has 1 amide bonds. The number of thiophene rings is 1. The number of hydrogen-bond acceptors (Lipinski definition) is 7. The van der Waals surface area contributed by atoms with E-state index in [4.69, 9.17) is 14.2 Å². The summed E-state index contributed by atoms with van der Waals surface area (Å²) in [7, 11) is 1.71. The minimum absolute atomic E-state index is 0.0694. The van der Waals surface area contributed by atoms with Gasteiger partial charge in [-0.1, -0.05) is 13.8 Å². The summed E-state index contributed by atoms with van der Waals surface area (Å²) < 4.78 is 17.9. The molecule has 0 unspecified atom stereocenters. The van der Waals surface area contributed by atoms with Gasteiger partial charge < -0.3 is 19.1 Å². The van der Waals surface area contributed by atoms with Gasteiger partial charge in [0, 0.05) is 23.4 Å². The summed E-state index contributed by atoms with van der Waals surface area (Å²) in [5.74, 6) is 2.99. The van der Waals surface area contributed by atoms with Crippen molar-refractivity contribution in [3.63, 3.8) is 0 Å². The van der Waals surface area contributed by atoms with Crippen molar-refractivity contribution in [1.82, 2.24) is 15.1 Å². The van der Waals surface area contributed by atoms with Crippen LogP contribution in [0.1, 0.15) is 43.7 Å². The Morgan fingerprint density at radius 2 is 2.23 bits per heavy atom. The van der Waals surface area contributed by atoms with E-state index in [0.717, 1.165) is 50.1 Å². The molecule has 0 saturated carbocycles. The number of rotatable bonds is 6. The molecule has 7 nitrogen and oxygen atoms in total. The summed E-state index contributed by atoms with van der Waals surface area (Å²) in [5, 5.41) is 11.9. The molecule has 0 radical (unpaired) electrons. The standard InChI is InChI=1S/C26H31N3O4S2/c1-15(2)12-35-19-10-17-21-18(11-33-23(17)20(24(19)31-5)16-6-9-34-13-16)22(28-27-21)25(30)29-7-8-32-14-26(29,3)4/h6,9-10,13,15H,7-8,11-12,14H2,1-5H3,(H,27,28). The first-order valence-electron chi connectivity index (χ1n) is 11.8. The fourth-order valence-electron chi connectivity index (χ4n) is 4.60. The van der Waals surface area contributed by atoms with Gasteiger partial charge in [0.05, 0.1) is 36.3 Å². The molecule has 1 aromatic carbocycles. The predicted molar refractivity (Wildman–Crippen MR) is 140 cm³/mol. The Balaban J connectivity index is 1.62. The SMILES string of the molecule is COc1c(SCC(C)C)cc2c(c1-c1ccsc1)OCc1c-2n[nH]c1C(=O)N1CCOCC1(C)C. The van der Waals surface area contributed by atoms with Crippen LogP contribution in [0.25, 0.3) is 22.4 Å². The Bertz CT molecular complexity index is 1230. The Kier molecular flexibility index (Phi) is 6.59. The second-order valence-electron chi connectivity index (χ2n) is 9.91. The van der Waals surface area contributed by atoms with Gasteiger partial charge in [-0.15, -0.1) is 11.8 Å². The third-order valence-corrected chi connectivity index (χ3v) is 8.50. The molecule has 1 saturated heterocycles. The summed E-state index contributed by atoms with van der Waals surface area (Å²) in [6.45, 7) is 10.3. The van der Waals surface area contributed by atoms with Crippen LogP contribution in [0, 0.1) is 5.92 Å². The average Bonchev–Trinajstić information content (AvgIpc) is 3.51. The van der Waals surface area contributed by atoms with Crippen LogP contribution >= 0.6 is 23.1 Å². The van der Waals surface area contributed by atoms with Crippen LogP contribution in [0.15, 0.2) is 27.8 Å². The second-order valence-corrected chi connectivity index (χ2v) is 11.8. The van der Waals surface area contributed by atoms with E-state index in [1.54, 1.807) is 30.2 Å². The molecule has 3 aromatic rings. The van der Waals surface area contributed by atoms with Crippen molar-refractivity contribution in [2.24, 2.45) is 5.92 Å². The molecule has 2 aliphatic rings. The number of H-pyrrole nitrogens is 1. The molecule has 0 bridgehead atoms. The molecular weight excluding hydrogens is 482 g/mol. The molecule has 1 N–H and O–H groups in total. The fourth-order valence-corrected chi connectivity index (χ4v) is 6.28. The van der Waals surface area contributed by atoms with E-state index >= 15 is 0 Å². The Morgan fingerprint density at radius 3 is 2.91 bits per heavy atom. The number of aromatic amines is 1. The number of aromatic nitrogens is 2. The minimum atomic E-state index is -0.388. The van der Waals surface area contributed by atoms with Gasteiger partial charge in [0.15, 0.2) is 0 Å². The highest BCUT2D eigenvalue weighted by Crippen LogP contribution is 2.52. The number of methoxy groups -OCH3 is 1. The van der Waals surface area contributed by atoms with E-state index in [-0.39, 0.29) is 18.1 Å². The number of morpholine rings is 1. The Labute approximate surface area is 214 Å².